The van der Waals surface area contributed by atoms with Crippen LogP contribution in [0.2, 0.25) is 0 Å². The van der Waals surface area contributed by atoms with E-state index >= 15 is 0 Å². The van der Waals surface area contributed by atoms with Crippen molar-refractivity contribution in [3.8, 4) is 17.2 Å². The molecule has 0 bridgehead atoms. The third-order valence-corrected chi connectivity index (χ3v) is 5.09. The minimum Gasteiger partial charge on any atom is -0.461 e. The van der Waals surface area contributed by atoms with Gasteiger partial charge in [-0.1, -0.05) is 12.1 Å². The van der Waals surface area contributed by atoms with Crippen LogP contribution in [0.4, 0.5) is 26.3 Å². The van der Waals surface area contributed by atoms with Gasteiger partial charge in [-0.2, -0.15) is 26.3 Å². The number of hydrogen-bond donors (Lipinski definition) is 0. The zero-order valence-electron chi connectivity index (χ0n) is 19.1. The molecule has 1 aromatic heterocycles. The number of pyridine rings is 1. The van der Waals surface area contributed by atoms with E-state index in [-0.39, 0.29) is 41.8 Å². The Morgan fingerprint density at radius 1 is 0.946 bits per heavy atom. The highest BCUT2D eigenvalue weighted by atomic mass is 19.4. The number of carbonyl (C=O) groups is 1. The Bertz CT molecular complexity index is 1340. The van der Waals surface area contributed by atoms with Gasteiger partial charge in [0.25, 0.3) is 0 Å². The molecule has 4 rings (SSSR count). The molecule has 0 unspecified atom stereocenters. The number of hydroxylamine groups is 2. The van der Waals surface area contributed by atoms with Crippen LogP contribution in [0.3, 0.4) is 0 Å². The normalized spacial score (nSPS) is 13.2. The minimum absolute atomic E-state index is 0.00521. The van der Waals surface area contributed by atoms with Crippen molar-refractivity contribution in [2.45, 2.75) is 25.8 Å². The van der Waals surface area contributed by atoms with E-state index < -0.39 is 29.4 Å². The van der Waals surface area contributed by atoms with Gasteiger partial charge >= 0.3 is 18.3 Å². The first kappa shape index (κ1) is 25.9. The average molecular weight is 524 g/mol. The molecule has 194 valence electrons. The first-order chi connectivity index (χ1) is 17.4. The quantitative estimate of drug-likeness (QED) is 0.259. The number of hydrogen-bond acceptors (Lipinski definition) is 6. The summed E-state index contributed by atoms with van der Waals surface area (Å²) in [6, 6.07) is 9.62. The standard InChI is InChI=1S/C25H18F6N2O4/c1-2-35-23(34)21-13-22(36-17-7-3-5-15(11-17)24(26,27)28)19-14-33(10-9-20(19)32-21)37-18-8-4-6-16(12-18)25(29,30)31/h3-13H,2,14H2,1H3. The molecule has 37 heavy (non-hydrogen) atoms. The first-order valence-electron chi connectivity index (χ1n) is 10.8. The molecule has 12 heteroatoms. The van der Waals surface area contributed by atoms with Gasteiger partial charge in [0.05, 0.1) is 30.0 Å². The Kier molecular flexibility index (Phi) is 7.01. The smallest absolute Gasteiger partial charge is 0.416 e. The SMILES string of the molecule is CCOC(=O)c1cc(Oc2cccc(C(F)(F)F)c2)c2c(n1)C=CN(Oc1cccc(C(F)(F)F)c1)C2. The third kappa shape index (κ3) is 6.13. The van der Waals surface area contributed by atoms with Crippen molar-refractivity contribution >= 4 is 12.0 Å². The summed E-state index contributed by atoms with van der Waals surface area (Å²) in [7, 11) is 0. The van der Waals surface area contributed by atoms with Crippen molar-refractivity contribution in [2.75, 3.05) is 6.61 Å². The van der Waals surface area contributed by atoms with E-state index in [1.54, 1.807) is 6.92 Å². The molecule has 0 saturated heterocycles. The number of halogens is 6. The van der Waals surface area contributed by atoms with Crippen LogP contribution in [-0.4, -0.2) is 22.6 Å². The first-order valence-corrected chi connectivity index (χ1v) is 10.8. The van der Waals surface area contributed by atoms with Gasteiger partial charge in [0.2, 0.25) is 0 Å². The Balaban J connectivity index is 1.67. The van der Waals surface area contributed by atoms with Crippen molar-refractivity contribution in [3.63, 3.8) is 0 Å². The molecule has 0 aliphatic carbocycles. The van der Waals surface area contributed by atoms with Gasteiger partial charge in [0, 0.05) is 17.8 Å². The molecular formula is C25H18F6N2O4. The molecule has 1 aliphatic heterocycles. The molecule has 0 atom stereocenters. The summed E-state index contributed by atoms with van der Waals surface area (Å²) in [6.07, 6.45) is -6.36. The highest BCUT2D eigenvalue weighted by Crippen LogP contribution is 2.36. The van der Waals surface area contributed by atoms with Gasteiger partial charge < -0.3 is 14.3 Å². The third-order valence-electron chi connectivity index (χ3n) is 5.09. The Morgan fingerprint density at radius 3 is 2.19 bits per heavy atom. The van der Waals surface area contributed by atoms with Crippen LogP contribution in [-0.2, 0) is 23.6 Å². The number of benzene rings is 2. The maximum atomic E-state index is 13.2. The lowest BCUT2D eigenvalue weighted by atomic mass is 10.1. The van der Waals surface area contributed by atoms with Gasteiger partial charge in [-0.25, -0.2) is 14.8 Å². The molecule has 2 heterocycles. The van der Waals surface area contributed by atoms with Gasteiger partial charge in [-0.05, 0) is 49.4 Å². The van der Waals surface area contributed by atoms with Crippen LogP contribution in [0.25, 0.3) is 6.08 Å². The highest BCUT2D eigenvalue weighted by molar-refractivity contribution is 5.88. The predicted octanol–water partition coefficient (Wildman–Crippen LogP) is 6.87. The van der Waals surface area contributed by atoms with Crippen LogP contribution < -0.4 is 9.57 Å². The number of rotatable bonds is 6. The fraction of sp³-hybridized carbons (Fsp3) is 0.200. The van der Waals surface area contributed by atoms with Gasteiger partial charge in [0.1, 0.15) is 11.5 Å². The van der Waals surface area contributed by atoms with Crippen molar-refractivity contribution in [1.29, 1.82) is 0 Å². The van der Waals surface area contributed by atoms with Crippen LogP contribution in [0, 0.1) is 0 Å². The van der Waals surface area contributed by atoms with Crippen LogP contribution >= 0.6 is 0 Å². The fourth-order valence-electron chi connectivity index (χ4n) is 3.42. The highest BCUT2D eigenvalue weighted by Gasteiger charge is 2.32. The van der Waals surface area contributed by atoms with Crippen molar-refractivity contribution in [1.82, 2.24) is 10.0 Å². The van der Waals surface area contributed by atoms with Crippen molar-refractivity contribution in [3.05, 3.63) is 88.9 Å². The number of fused-ring (bicyclic) bond motifs is 1. The molecule has 1 aliphatic rings. The van der Waals surface area contributed by atoms with Gasteiger partial charge in [-0.15, -0.1) is 0 Å². The summed E-state index contributed by atoms with van der Waals surface area (Å²) < 4.78 is 89.3. The largest absolute Gasteiger partial charge is 0.461 e. The molecule has 3 aromatic rings. The maximum Gasteiger partial charge on any atom is 0.416 e. The van der Waals surface area contributed by atoms with Crippen LogP contribution in [0.5, 0.6) is 17.2 Å². The van der Waals surface area contributed by atoms with Crippen LogP contribution in [0.1, 0.15) is 39.8 Å². The molecule has 0 amide bonds. The second-order valence-electron chi connectivity index (χ2n) is 7.73. The lowest BCUT2D eigenvalue weighted by molar-refractivity contribution is -0.138. The number of esters is 1. The van der Waals surface area contributed by atoms with E-state index in [1.165, 1.54) is 47.7 Å². The molecule has 2 aromatic carbocycles. The number of nitrogens with zero attached hydrogens (tertiary/aromatic N) is 2. The topological polar surface area (TPSA) is 60.9 Å². The summed E-state index contributed by atoms with van der Waals surface area (Å²) >= 11 is 0. The van der Waals surface area contributed by atoms with E-state index in [1.807, 2.05) is 0 Å². The Hall–Kier alpha value is -4.22. The minimum atomic E-state index is -4.61. The molecule has 0 spiro atoms. The van der Waals surface area contributed by atoms with Gasteiger partial charge in [0.15, 0.2) is 11.4 Å². The maximum absolute atomic E-state index is 13.2. The van der Waals surface area contributed by atoms with Crippen molar-refractivity contribution in [2.24, 2.45) is 0 Å². The summed E-state index contributed by atoms with van der Waals surface area (Å²) in [5.74, 6) is -1.03. The number of ether oxygens (including phenoxy) is 2. The molecule has 0 saturated carbocycles. The summed E-state index contributed by atoms with van der Waals surface area (Å²) in [4.78, 5) is 22.1. The molecule has 0 N–H and O–H groups in total. The fourth-order valence-corrected chi connectivity index (χ4v) is 3.42. The summed E-state index contributed by atoms with van der Waals surface area (Å²) in [5.41, 5.74) is -1.41. The van der Waals surface area contributed by atoms with E-state index in [9.17, 15) is 31.1 Å². The number of carbonyl (C=O) groups excluding carboxylic acids is 1. The number of alkyl halides is 6. The predicted molar refractivity (Wildman–Crippen MR) is 118 cm³/mol. The summed E-state index contributed by atoms with van der Waals surface area (Å²) in [5, 5.41) is 1.20. The zero-order chi connectivity index (χ0) is 26.8. The van der Waals surface area contributed by atoms with E-state index in [0.717, 1.165) is 24.3 Å². The van der Waals surface area contributed by atoms with Crippen LogP contribution in [0.15, 0.2) is 60.8 Å². The average Bonchev–Trinajstić information content (AvgIpc) is 2.83. The van der Waals surface area contributed by atoms with E-state index in [2.05, 4.69) is 4.98 Å². The van der Waals surface area contributed by atoms with E-state index in [4.69, 9.17) is 14.3 Å². The van der Waals surface area contributed by atoms with Gasteiger partial charge in [-0.3, -0.25) is 0 Å². The lowest BCUT2D eigenvalue weighted by Gasteiger charge is -2.26. The Labute approximate surface area is 206 Å². The molecular weight excluding hydrogens is 506 g/mol. The Morgan fingerprint density at radius 2 is 1.57 bits per heavy atom. The van der Waals surface area contributed by atoms with Crippen molar-refractivity contribution < 1.29 is 45.4 Å². The molecule has 0 fully saturated rings. The monoisotopic (exact) mass is 524 g/mol. The number of aromatic nitrogens is 1. The lowest BCUT2D eigenvalue weighted by Crippen LogP contribution is -2.25. The molecule has 6 nitrogen and oxygen atoms in total. The zero-order valence-corrected chi connectivity index (χ0v) is 19.1. The summed E-state index contributed by atoms with van der Waals surface area (Å²) in [6.45, 7) is 1.56. The van der Waals surface area contributed by atoms with E-state index in [0.29, 0.717) is 5.56 Å². The second-order valence-corrected chi connectivity index (χ2v) is 7.73. The molecule has 0 radical (unpaired) electrons. The second kappa shape index (κ2) is 10.0.